The molecular formula is C10H21N. The van der Waals surface area contributed by atoms with Crippen LogP contribution in [0.5, 0.6) is 0 Å². The lowest BCUT2D eigenvalue weighted by Gasteiger charge is -2.28. The monoisotopic (exact) mass is 155 g/mol. The van der Waals surface area contributed by atoms with Gasteiger partial charge in [-0.05, 0) is 37.6 Å². The Morgan fingerprint density at radius 1 is 1.36 bits per heavy atom. The van der Waals surface area contributed by atoms with Gasteiger partial charge in [-0.2, -0.15) is 0 Å². The second-order valence-corrected chi connectivity index (χ2v) is 4.94. The molecule has 1 aliphatic carbocycles. The maximum absolute atomic E-state index is 3.58. The van der Waals surface area contributed by atoms with Gasteiger partial charge in [0.25, 0.3) is 0 Å². The van der Waals surface area contributed by atoms with E-state index < -0.39 is 0 Å². The zero-order valence-corrected chi connectivity index (χ0v) is 8.28. The SMILES string of the molecule is CC(NCC1CC1)C(C)(C)C. The zero-order valence-electron chi connectivity index (χ0n) is 8.28. The lowest BCUT2D eigenvalue weighted by molar-refractivity contribution is 0.284. The van der Waals surface area contributed by atoms with E-state index in [1.807, 2.05) is 0 Å². The van der Waals surface area contributed by atoms with Gasteiger partial charge >= 0.3 is 0 Å². The molecule has 66 valence electrons. The van der Waals surface area contributed by atoms with Crippen molar-refractivity contribution in [3.05, 3.63) is 0 Å². The molecule has 0 aromatic carbocycles. The molecule has 11 heavy (non-hydrogen) atoms. The van der Waals surface area contributed by atoms with Crippen LogP contribution in [0.4, 0.5) is 0 Å². The average Bonchev–Trinajstić information content (AvgIpc) is 2.62. The third kappa shape index (κ3) is 3.24. The van der Waals surface area contributed by atoms with E-state index in [2.05, 4.69) is 33.0 Å². The maximum atomic E-state index is 3.58. The van der Waals surface area contributed by atoms with E-state index in [0.29, 0.717) is 11.5 Å². The van der Waals surface area contributed by atoms with Gasteiger partial charge in [0, 0.05) is 6.04 Å². The minimum Gasteiger partial charge on any atom is -0.313 e. The van der Waals surface area contributed by atoms with Gasteiger partial charge in [-0.15, -0.1) is 0 Å². The van der Waals surface area contributed by atoms with Crippen LogP contribution in [0.25, 0.3) is 0 Å². The second-order valence-electron chi connectivity index (χ2n) is 4.94. The van der Waals surface area contributed by atoms with E-state index in [9.17, 15) is 0 Å². The molecule has 1 aliphatic rings. The molecule has 1 fully saturated rings. The first-order chi connectivity index (χ1) is 5.00. The standard InChI is InChI=1S/C10H21N/c1-8(10(2,3)4)11-7-9-5-6-9/h8-9,11H,5-7H2,1-4H3. The summed E-state index contributed by atoms with van der Waals surface area (Å²) in [6.07, 6.45) is 2.90. The smallest absolute Gasteiger partial charge is 0.00873 e. The molecule has 0 heterocycles. The molecule has 1 nitrogen and oxygen atoms in total. The lowest BCUT2D eigenvalue weighted by atomic mass is 9.88. The summed E-state index contributed by atoms with van der Waals surface area (Å²) in [5.74, 6) is 1.000. The number of nitrogens with one attached hydrogen (secondary N) is 1. The number of hydrogen-bond acceptors (Lipinski definition) is 1. The van der Waals surface area contributed by atoms with Crippen LogP contribution in [-0.4, -0.2) is 12.6 Å². The molecule has 0 aromatic heterocycles. The normalized spacial score (nSPS) is 21.8. The highest BCUT2D eigenvalue weighted by Gasteiger charge is 2.24. The Kier molecular flexibility index (Phi) is 2.58. The van der Waals surface area contributed by atoms with Gasteiger partial charge in [-0.1, -0.05) is 20.8 Å². The maximum Gasteiger partial charge on any atom is 0.00873 e. The molecule has 0 spiro atoms. The van der Waals surface area contributed by atoms with Gasteiger partial charge < -0.3 is 5.32 Å². The van der Waals surface area contributed by atoms with Gasteiger partial charge in [0.15, 0.2) is 0 Å². The van der Waals surface area contributed by atoms with Crippen molar-refractivity contribution < 1.29 is 0 Å². The van der Waals surface area contributed by atoms with Crippen LogP contribution < -0.4 is 5.32 Å². The summed E-state index contributed by atoms with van der Waals surface area (Å²) in [5.41, 5.74) is 0.412. The molecule has 0 aromatic rings. The Labute approximate surface area is 70.6 Å². The lowest BCUT2D eigenvalue weighted by Crippen LogP contribution is -2.38. The fourth-order valence-corrected chi connectivity index (χ4v) is 0.972. The van der Waals surface area contributed by atoms with E-state index in [-0.39, 0.29) is 0 Å². The summed E-state index contributed by atoms with van der Waals surface area (Å²) in [6, 6.07) is 0.642. The van der Waals surface area contributed by atoms with Crippen LogP contribution in [0.3, 0.4) is 0 Å². The van der Waals surface area contributed by atoms with E-state index in [1.165, 1.54) is 19.4 Å². The van der Waals surface area contributed by atoms with Crippen molar-refractivity contribution in [1.82, 2.24) is 5.32 Å². The van der Waals surface area contributed by atoms with Gasteiger partial charge in [0.05, 0.1) is 0 Å². The van der Waals surface area contributed by atoms with Gasteiger partial charge in [0.2, 0.25) is 0 Å². The molecule has 0 amide bonds. The highest BCUT2D eigenvalue weighted by molar-refractivity contribution is 4.81. The predicted molar refractivity (Wildman–Crippen MR) is 49.6 cm³/mol. The van der Waals surface area contributed by atoms with Crippen molar-refractivity contribution in [2.75, 3.05) is 6.54 Å². The van der Waals surface area contributed by atoms with Gasteiger partial charge in [-0.3, -0.25) is 0 Å². The minimum atomic E-state index is 0.412. The molecule has 1 saturated carbocycles. The molecule has 0 bridgehead atoms. The summed E-state index contributed by atoms with van der Waals surface area (Å²) in [5, 5.41) is 3.58. The van der Waals surface area contributed by atoms with Crippen molar-refractivity contribution in [2.24, 2.45) is 11.3 Å². The fourth-order valence-electron chi connectivity index (χ4n) is 0.972. The Morgan fingerprint density at radius 2 is 1.91 bits per heavy atom. The molecule has 1 N–H and O–H groups in total. The van der Waals surface area contributed by atoms with Gasteiger partial charge in [-0.25, -0.2) is 0 Å². The fraction of sp³-hybridized carbons (Fsp3) is 1.00. The van der Waals surface area contributed by atoms with Crippen LogP contribution in [-0.2, 0) is 0 Å². The molecule has 1 heteroatoms. The molecule has 1 rings (SSSR count). The van der Waals surface area contributed by atoms with Crippen LogP contribution in [0, 0.1) is 11.3 Å². The first-order valence-corrected chi connectivity index (χ1v) is 4.73. The molecular weight excluding hydrogens is 134 g/mol. The summed E-state index contributed by atoms with van der Waals surface area (Å²) in [6.45, 7) is 10.4. The quantitative estimate of drug-likeness (QED) is 0.660. The second kappa shape index (κ2) is 3.14. The zero-order chi connectivity index (χ0) is 8.48. The number of rotatable bonds is 3. The van der Waals surface area contributed by atoms with Crippen LogP contribution in [0.2, 0.25) is 0 Å². The summed E-state index contributed by atoms with van der Waals surface area (Å²) in [7, 11) is 0. The molecule has 0 radical (unpaired) electrons. The van der Waals surface area contributed by atoms with E-state index in [4.69, 9.17) is 0 Å². The topological polar surface area (TPSA) is 12.0 Å². The molecule has 1 atom stereocenters. The van der Waals surface area contributed by atoms with E-state index >= 15 is 0 Å². The van der Waals surface area contributed by atoms with E-state index in [0.717, 1.165) is 5.92 Å². The first kappa shape index (κ1) is 9.05. The number of hydrogen-bond donors (Lipinski definition) is 1. The Bertz CT molecular complexity index is 119. The summed E-state index contributed by atoms with van der Waals surface area (Å²) >= 11 is 0. The summed E-state index contributed by atoms with van der Waals surface area (Å²) in [4.78, 5) is 0. The Balaban J connectivity index is 2.13. The third-order valence-corrected chi connectivity index (χ3v) is 2.71. The molecule has 0 aliphatic heterocycles. The molecule has 1 unspecified atom stereocenters. The first-order valence-electron chi connectivity index (χ1n) is 4.73. The highest BCUT2D eigenvalue weighted by atomic mass is 14.9. The predicted octanol–water partition coefficient (Wildman–Crippen LogP) is 2.42. The summed E-state index contributed by atoms with van der Waals surface area (Å²) < 4.78 is 0. The van der Waals surface area contributed by atoms with Crippen molar-refractivity contribution in [2.45, 2.75) is 46.6 Å². The third-order valence-electron chi connectivity index (χ3n) is 2.71. The highest BCUT2D eigenvalue weighted by Crippen LogP contribution is 2.28. The Morgan fingerprint density at radius 3 is 2.27 bits per heavy atom. The largest absolute Gasteiger partial charge is 0.313 e. The van der Waals surface area contributed by atoms with Gasteiger partial charge in [0.1, 0.15) is 0 Å². The van der Waals surface area contributed by atoms with Crippen molar-refractivity contribution in [3.8, 4) is 0 Å². The van der Waals surface area contributed by atoms with Crippen molar-refractivity contribution in [3.63, 3.8) is 0 Å². The van der Waals surface area contributed by atoms with Crippen molar-refractivity contribution >= 4 is 0 Å². The van der Waals surface area contributed by atoms with Crippen LogP contribution in [0.15, 0.2) is 0 Å². The van der Waals surface area contributed by atoms with Crippen LogP contribution >= 0.6 is 0 Å². The average molecular weight is 155 g/mol. The van der Waals surface area contributed by atoms with Crippen molar-refractivity contribution in [1.29, 1.82) is 0 Å². The Hall–Kier alpha value is -0.0400. The minimum absolute atomic E-state index is 0.412. The van der Waals surface area contributed by atoms with Crippen LogP contribution in [0.1, 0.15) is 40.5 Å². The molecule has 0 saturated heterocycles. The van der Waals surface area contributed by atoms with E-state index in [1.54, 1.807) is 0 Å².